The molecule has 0 aliphatic carbocycles. The fourth-order valence-corrected chi connectivity index (χ4v) is 1.54. The minimum Gasteiger partial charge on any atom is -0.310 e. The van der Waals surface area contributed by atoms with Gasteiger partial charge in [0.1, 0.15) is 0 Å². The van der Waals surface area contributed by atoms with E-state index in [0.717, 1.165) is 18.6 Å². The van der Waals surface area contributed by atoms with Gasteiger partial charge in [-0.25, -0.2) is 13.2 Å². The third-order valence-electron chi connectivity index (χ3n) is 3.17. The Balaban J connectivity index is 2.64. The molecule has 96 valence electrons. The Morgan fingerprint density at radius 1 is 1.12 bits per heavy atom. The van der Waals surface area contributed by atoms with Gasteiger partial charge in [-0.15, -0.1) is 0 Å². The Kier molecular flexibility index (Phi) is 5.00. The van der Waals surface area contributed by atoms with E-state index in [1.165, 1.54) is 0 Å². The Morgan fingerprint density at radius 3 is 2.12 bits per heavy atom. The summed E-state index contributed by atoms with van der Waals surface area (Å²) in [5.74, 6) is -3.22. The lowest BCUT2D eigenvalue weighted by atomic mass is 10.0. The molecule has 0 aliphatic heterocycles. The molecule has 0 saturated carbocycles. The molecule has 1 rings (SSSR count). The molecule has 0 aliphatic rings. The van der Waals surface area contributed by atoms with Crippen molar-refractivity contribution in [3.63, 3.8) is 0 Å². The predicted molar refractivity (Wildman–Crippen MR) is 62.1 cm³/mol. The summed E-state index contributed by atoms with van der Waals surface area (Å²) in [6.45, 7) is 6.54. The zero-order chi connectivity index (χ0) is 13.0. The Bertz CT molecular complexity index is 356. The number of nitrogens with one attached hydrogen (secondary N) is 1. The molecule has 2 atom stereocenters. The van der Waals surface area contributed by atoms with Crippen molar-refractivity contribution in [2.45, 2.75) is 39.8 Å². The maximum absolute atomic E-state index is 12.9. The quantitative estimate of drug-likeness (QED) is 0.781. The van der Waals surface area contributed by atoms with E-state index in [2.05, 4.69) is 19.2 Å². The Hall–Kier alpha value is -1.03. The van der Waals surface area contributed by atoms with Crippen molar-refractivity contribution in [2.24, 2.45) is 5.92 Å². The van der Waals surface area contributed by atoms with Gasteiger partial charge in [0.2, 0.25) is 0 Å². The van der Waals surface area contributed by atoms with E-state index in [9.17, 15) is 13.2 Å². The van der Waals surface area contributed by atoms with Gasteiger partial charge in [-0.05, 0) is 30.5 Å². The highest BCUT2D eigenvalue weighted by molar-refractivity contribution is 5.19. The summed E-state index contributed by atoms with van der Waals surface area (Å²) in [5, 5.41) is 3.17. The average Bonchev–Trinajstić information content (AvgIpc) is 2.31. The molecule has 1 nitrogen and oxygen atoms in total. The second kappa shape index (κ2) is 6.05. The maximum Gasteiger partial charge on any atom is 0.194 e. The van der Waals surface area contributed by atoms with E-state index < -0.39 is 17.5 Å². The molecule has 0 fully saturated rings. The topological polar surface area (TPSA) is 12.0 Å². The van der Waals surface area contributed by atoms with Crippen molar-refractivity contribution >= 4 is 0 Å². The summed E-state index contributed by atoms with van der Waals surface area (Å²) >= 11 is 0. The number of halogens is 3. The first kappa shape index (κ1) is 14.0. The summed E-state index contributed by atoms with van der Waals surface area (Å²) < 4.78 is 38.6. The molecule has 1 aromatic rings. The van der Waals surface area contributed by atoms with E-state index in [1.807, 2.05) is 6.92 Å². The first-order chi connectivity index (χ1) is 7.95. The third kappa shape index (κ3) is 3.73. The van der Waals surface area contributed by atoms with E-state index in [4.69, 9.17) is 0 Å². The molecular weight excluding hydrogens is 227 g/mol. The van der Waals surface area contributed by atoms with Crippen LogP contribution in [0.25, 0.3) is 0 Å². The minimum atomic E-state index is -1.41. The van der Waals surface area contributed by atoms with Crippen LogP contribution in [0.15, 0.2) is 12.1 Å². The molecule has 2 unspecified atom stereocenters. The molecule has 0 bridgehead atoms. The van der Waals surface area contributed by atoms with Crippen LogP contribution in [0.5, 0.6) is 0 Å². The lowest BCUT2D eigenvalue weighted by Gasteiger charge is -2.20. The highest BCUT2D eigenvalue weighted by atomic mass is 19.2. The van der Waals surface area contributed by atoms with Gasteiger partial charge in [-0.3, -0.25) is 0 Å². The Morgan fingerprint density at radius 2 is 1.65 bits per heavy atom. The van der Waals surface area contributed by atoms with Crippen LogP contribution >= 0.6 is 0 Å². The normalized spacial score (nSPS) is 14.7. The largest absolute Gasteiger partial charge is 0.310 e. The molecule has 0 heterocycles. The van der Waals surface area contributed by atoms with E-state index in [1.54, 1.807) is 0 Å². The molecule has 17 heavy (non-hydrogen) atoms. The van der Waals surface area contributed by atoms with Crippen LogP contribution < -0.4 is 5.32 Å². The molecule has 1 aromatic carbocycles. The van der Waals surface area contributed by atoms with Gasteiger partial charge in [-0.1, -0.05) is 20.3 Å². The van der Waals surface area contributed by atoms with Gasteiger partial charge >= 0.3 is 0 Å². The molecule has 0 spiro atoms. The minimum absolute atomic E-state index is 0.246. The molecule has 0 aromatic heterocycles. The highest BCUT2D eigenvalue weighted by Gasteiger charge is 2.12. The highest BCUT2D eigenvalue weighted by Crippen LogP contribution is 2.14. The van der Waals surface area contributed by atoms with Gasteiger partial charge in [0.15, 0.2) is 17.5 Å². The molecule has 0 amide bonds. The van der Waals surface area contributed by atoms with Crippen LogP contribution in [-0.4, -0.2) is 6.04 Å². The van der Waals surface area contributed by atoms with Crippen molar-refractivity contribution in [2.75, 3.05) is 0 Å². The SMILES string of the molecule is CCC(C)C(C)NCc1cc(F)c(F)c(F)c1. The standard InChI is InChI=1S/C13H18F3N/c1-4-8(2)9(3)17-7-10-5-11(14)13(16)12(15)6-10/h5-6,8-9,17H,4,7H2,1-3H3. The van der Waals surface area contributed by atoms with Gasteiger partial charge in [0, 0.05) is 12.6 Å². The molecule has 1 N–H and O–H groups in total. The molecule has 0 saturated heterocycles. The van der Waals surface area contributed by atoms with Crippen molar-refractivity contribution in [1.82, 2.24) is 5.32 Å². The summed E-state index contributed by atoms with van der Waals surface area (Å²) in [7, 11) is 0. The summed E-state index contributed by atoms with van der Waals surface area (Å²) in [6.07, 6.45) is 1.03. The van der Waals surface area contributed by atoms with Crippen LogP contribution in [0.1, 0.15) is 32.8 Å². The lowest BCUT2D eigenvalue weighted by molar-refractivity contribution is 0.387. The first-order valence-electron chi connectivity index (χ1n) is 5.82. The van der Waals surface area contributed by atoms with Crippen LogP contribution in [0, 0.1) is 23.4 Å². The van der Waals surface area contributed by atoms with Crippen molar-refractivity contribution in [3.05, 3.63) is 35.1 Å². The monoisotopic (exact) mass is 245 g/mol. The summed E-state index contributed by atoms with van der Waals surface area (Å²) in [4.78, 5) is 0. The van der Waals surface area contributed by atoms with Crippen LogP contribution in [0.4, 0.5) is 13.2 Å². The zero-order valence-electron chi connectivity index (χ0n) is 10.4. The summed E-state index contributed by atoms with van der Waals surface area (Å²) in [6, 6.07) is 2.29. The number of benzene rings is 1. The second-order valence-corrected chi connectivity index (χ2v) is 4.43. The fraction of sp³-hybridized carbons (Fsp3) is 0.538. The molecule has 4 heteroatoms. The number of hydrogen-bond acceptors (Lipinski definition) is 1. The van der Waals surface area contributed by atoms with E-state index in [-0.39, 0.29) is 6.04 Å². The van der Waals surface area contributed by atoms with Crippen LogP contribution in [-0.2, 0) is 6.54 Å². The van der Waals surface area contributed by atoms with E-state index in [0.29, 0.717) is 18.0 Å². The lowest BCUT2D eigenvalue weighted by Crippen LogP contribution is -2.31. The number of hydrogen-bond donors (Lipinski definition) is 1. The van der Waals surface area contributed by atoms with Gasteiger partial charge < -0.3 is 5.32 Å². The van der Waals surface area contributed by atoms with E-state index >= 15 is 0 Å². The van der Waals surface area contributed by atoms with Gasteiger partial charge in [-0.2, -0.15) is 0 Å². The Labute approximate surface area is 100 Å². The predicted octanol–water partition coefficient (Wildman–Crippen LogP) is 3.63. The average molecular weight is 245 g/mol. The van der Waals surface area contributed by atoms with Crippen molar-refractivity contribution in [3.8, 4) is 0 Å². The van der Waals surface area contributed by atoms with Crippen LogP contribution in [0.3, 0.4) is 0 Å². The second-order valence-electron chi connectivity index (χ2n) is 4.43. The number of rotatable bonds is 5. The third-order valence-corrected chi connectivity index (χ3v) is 3.17. The van der Waals surface area contributed by atoms with Crippen molar-refractivity contribution < 1.29 is 13.2 Å². The van der Waals surface area contributed by atoms with Crippen molar-refractivity contribution in [1.29, 1.82) is 0 Å². The summed E-state index contributed by atoms with van der Waals surface area (Å²) in [5.41, 5.74) is 0.413. The smallest absolute Gasteiger partial charge is 0.194 e. The maximum atomic E-state index is 12.9. The van der Waals surface area contributed by atoms with Gasteiger partial charge in [0.05, 0.1) is 0 Å². The fourth-order valence-electron chi connectivity index (χ4n) is 1.54. The zero-order valence-corrected chi connectivity index (χ0v) is 10.4. The van der Waals surface area contributed by atoms with Crippen LogP contribution in [0.2, 0.25) is 0 Å². The van der Waals surface area contributed by atoms with Gasteiger partial charge in [0.25, 0.3) is 0 Å². The molecule has 0 radical (unpaired) electrons. The molecular formula is C13H18F3N. The first-order valence-corrected chi connectivity index (χ1v) is 5.82.